The van der Waals surface area contributed by atoms with Crippen molar-refractivity contribution in [1.29, 1.82) is 0 Å². The molecule has 1 aromatic rings. The van der Waals surface area contributed by atoms with Crippen molar-refractivity contribution in [2.24, 2.45) is 5.73 Å². The fourth-order valence-electron chi connectivity index (χ4n) is 1.09. The Kier molecular flexibility index (Phi) is 3.71. The van der Waals surface area contributed by atoms with Gasteiger partial charge in [-0.3, -0.25) is 4.79 Å². The first-order chi connectivity index (χ1) is 6.15. The Labute approximate surface area is 85.1 Å². The van der Waals surface area contributed by atoms with Crippen LogP contribution in [0.5, 0.6) is 0 Å². The third-order valence-electron chi connectivity index (χ3n) is 1.72. The van der Waals surface area contributed by atoms with Gasteiger partial charge in [0.2, 0.25) is 0 Å². The molecule has 0 aliphatic carbocycles. The molecule has 0 amide bonds. The lowest BCUT2D eigenvalue weighted by Gasteiger charge is -2.10. The molecule has 3 N–H and O–H groups in total. The number of thiophene rings is 1. The monoisotopic (exact) mass is 219 g/mol. The fraction of sp³-hybridized carbons (Fsp3) is 0.375. The average Bonchev–Trinajstić information content (AvgIpc) is 2.47. The van der Waals surface area contributed by atoms with Gasteiger partial charge in [-0.15, -0.1) is 11.3 Å². The van der Waals surface area contributed by atoms with Crippen molar-refractivity contribution >= 4 is 28.9 Å². The molecule has 0 aromatic carbocycles. The van der Waals surface area contributed by atoms with Crippen LogP contribution in [0.4, 0.5) is 0 Å². The number of carbonyl (C=O) groups is 1. The molecule has 0 radical (unpaired) electrons. The summed E-state index contributed by atoms with van der Waals surface area (Å²) >= 11 is 7.31. The largest absolute Gasteiger partial charge is 0.481 e. The van der Waals surface area contributed by atoms with E-state index in [0.29, 0.717) is 11.6 Å². The van der Waals surface area contributed by atoms with Gasteiger partial charge in [-0.2, -0.15) is 0 Å². The Morgan fingerprint density at radius 2 is 2.46 bits per heavy atom. The van der Waals surface area contributed by atoms with E-state index >= 15 is 0 Å². The van der Waals surface area contributed by atoms with Crippen LogP contribution in [0.2, 0.25) is 5.02 Å². The molecule has 1 heterocycles. The van der Waals surface area contributed by atoms with Crippen LogP contribution in [0.15, 0.2) is 11.4 Å². The normalized spacial score (nSPS) is 12.8. The van der Waals surface area contributed by atoms with Gasteiger partial charge in [-0.05, 0) is 11.4 Å². The van der Waals surface area contributed by atoms with Crippen molar-refractivity contribution < 1.29 is 9.90 Å². The van der Waals surface area contributed by atoms with Crippen molar-refractivity contribution in [2.45, 2.75) is 12.3 Å². The zero-order valence-corrected chi connectivity index (χ0v) is 8.44. The molecule has 0 aliphatic rings. The quantitative estimate of drug-likeness (QED) is 0.813. The Hall–Kier alpha value is -0.580. The molecule has 5 heteroatoms. The van der Waals surface area contributed by atoms with Crippen molar-refractivity contribution in [3.63, 3.8) is 0 Å². The van der Waals surface area contributed by atoms with Crippen molar-refractivity contribution in [2.75, 3.05) is 6.54 Å². The van der Waals surface area contributed by atoms with Gasteiger partial charge in [0, 0.05) is 17.3 Å². The van der Waals surface area contributed by atoms with E-state index in [1.54, 1.807) is 6.07 Å². The van der Waals surface area contributed by atoms with Gasteiger partial charge in [0.25, 0.3) is 0 Å². The molecular weight excluding hydrogens is 210 g/mol. The molecule has 3 nitrogen and oxygen atoms in total. The van der Waals surface area contributed by atoms with E-state index in [9.17, 15) is 4.79 Å². The summed E-state index contributed by atoms with van der Waals surface area (Å²) < 4.78 is 0. The third kappa shape index (κ3) is 2.69. The topological polar surface area (TPSA) is 63.3 Å². The smallest absolute Gasteiger partial charge is 0.304 e. The van der Waals surface area contributed by atoms with E-state index in [1.165, 1.54) is 11.3 Å². The van der Waals surface area contributed by atoms with E-state index in [0.717, 1.165) is 4.88 Å². The zero-order valence-electron chi connectivity index (χ0n) is 6.87. The molecule has 0 aliphatic heterocycles. The van der Waals surface area contributed by atoms with Gasteiger partial charge >= 0.3 is 5.97 Å². The highest BCUT2D eigenvalue weighted by atomic mass is 35.5. The molecule has 0 fully saturated rings. The molecular formula is C8H10ClNO2S. The molecule has 0 saturated heterocycles. The minimum atomic E-state index is -0.847. The third-order valence-corrected chi connectivity index (χ3v) is 3.24. The van der Waals surface area contributed by atoms with Crippen molar-refractivity contribution in [3.8, 4) is 0 Å². The number of rotatable bonds is 4. The summed E-state index contributed by atoms with van der Waals surface area (Å²) in [7, 11) is 0. The van der Waals surface area contributed by atoms with Crippen LogP contribution in [0.3, 0.4) is 0 Å². The second-order valence-corrected chi connectivity index (χ2v) is 4.02. The standard InChI is InChI=1S/C8H10ClNO2S/c9-6-1-2-13-8(6)5(4-10)3-7(11)12/h1-2,5H,3-4,10H2,(H,11,12). The van der Waals surface area contributed by atoms with Crippen LogP contribution in [0, 0.1) is 0 Å². The molecule has 13 heavy (non-hydrogen) atoms. The van der Waals surface area contributed by atoms with E-state index in [4.69, 9.17) is 22.4 Å². The lowest BCUT2D eigenvalue weighted by atomic mass is 10.0. The Bertz CT molecular complexity index is 300. The highest BCUT2D eigenvalue weighted by Gasteiger charge is 2.17. The highest BCUT2D eigenvalue weighted by molar-refractivity contribution is 7.10. The summed E-state index contributed by atoms with van der Waals surface area (Å²) in [5.41, 5.74) is 5.47. The van der Waals surface area contributed by atoms with Crippen LogP contribution in [-0.2, 0) is 4.79 Å². The molecule has 72 valence electrons. The maximum atomic E-state index is 10.5. The lowest BCUT2D eigenvalue weighted by molar-refractivity contribution is -0.137. The summed E-state index contributed by atoms with van der Waals surface area (Å²) in [5.74, 6) is -1.01. The Morgan fingerprint density at radius 1 is 1.77 bits per heavy atom. The van der Waals surface area contributed by atoms with Crippen LogP contribution < -0.4 is 5.73 Å². The number of aliphatic carboxylic acids is 1. The number of nitrogens with two attached hydrogens (primary N) is 1. The number of halogens is 1. The number of carboxylic acids is 1. The van der Waals surface area contributed by atoms with Crippen molar-refractivity contribution in [1.82, 2.24) is 0 Å². The molecule has 0 bridgehead atoms. The summed E-state index contributed by atoms with van der Waals surface area (Å²) in [5, 5.41) is 11.1. The maximum Gasteiger partial charge on any atom is 0.304 e. The molecule has 1 rings (SSSR count). The van der Waals surface area contributed by atoms with Gasteiger partial charge in [0.1, 0.15) is 0 Å². The fourth-order valence-corrected chi connectivity index (χ4v) is 2.42. The molecule has 1 unspecified atom stereocenters. The zero-order chi connectivity index (χ0) is 9.84. The first-order valence-electron chi connectivity index (χ1n) is 3.80. The number of carboxylic acid groups (broad SMARTS) is 1. The van der Waals surface area contributed by atoms with Crippen LogP contribution >= 0.6 is 22.9 Å². The SMILES string of the molecule is NCC(CC(=O)O)c1sccc1Cl. The number of hydrogen-bond acceptors (Lipinski definition) is 3. The van der Waals surface area contributed by atoms with Crippen LogP contribution in [0.1, 0.15) is 17.2 Å². The maximum absolute atomic E-state index is 10.5. The van der Waals surface area contributed by atoms with Gasteiger partial charge in [0.05, 0.1) is 11.4 Å². The average molecular weight is 220 g/mol. The van der Waals surface area contributed by atoms with Crippen molar-refractivity contribution in [3.05, 3.63) is 21.3 Å². The highest BCUT2D eigenvalue weighted by Crippen LogP contribution is 2.31. The lowest BCUT2D eigenvalue weighted by Crippen LogP contribution is -2.15. The molecule has 0 saturated carbocycles. The van der Waals surface area contributed by atoms with Gasteiger partial charge in [0.15, 0.2) is 0 Å². The van der Waals surface area contributed by atoms with Gasteiger partial charge < -0.3 is 10.8 Å². The van der Waals surface area contributed by atoms with Crippen LogP contribution in [-0.4, -0.2) is 17.6 Å². The predicted molar refractivity (Wildman–Crippen MR) is 53.4 cm³/mol. The van der Waals surface area contributed by atoms with E-state index in [2.05, 4.69) is 0 Å². The summed E-state index contributed by atoms with van der Waals surface area (Å²) in [6.07, 6.45) is 0.0384. The molecule has 1 aromatic heterocycles. The van der Waals surface area contributed by atoms with E-state index in [-0.39, 0.29) is 12.3 Å². The first-order valence-corrected chi connectivity index (χ1v) is 5.05. The molecule has 1 atom stereocenters. The minimum Gasteiger partial charge on any atom is -0.481 e. The Morgan fingerprint density at radius 3 is 2.85 bits per heavy atom. The van der Waals surface area contributed by atoms with Crippen LogP contribution in [0.25, 0.3) is 0 Å². The predicted octanol–water partition coefficient (Wildman–Crippen LogP) is 1.92. The first kappa shape index (κ1) is 10.5. The molecule has 0 spiro atoms. The van der Waals surface area contributed by atoms with E-state index in [1.807, 2.05) is 5.38 Å². The summed E-state index contributed by atoms with van der Waals surface area (Å²) in [4.78, 5) is 11.3. The number of hydrogen-bond donors (Lipinski definition) is 2. The Balaban J connectivity index is 2.78. The second-order valence-electron chi connectivity index (χ2n) is 2.66. The van der Waals surface area contributed by atoms with Gasteiger partial charge in [-0.25, -0.2) is 0 Å². The minimum absolute atomic E-state index is 0.0384. The van der Waals surface area contributed by atoms with Gasteiger partial charge in [-0.1, -0.05) is 11.6 Å². The second kappa shape index (κ2) is 4.60. The summed E-state index contributed by atoms with van der Waals surface area (Å²) in [6.45, 7) is 0.312. The van der Waals surface area contributed by atoms with E-state index < -0.39 is 5.97 Å². The summed E-state index contributed by atoms with van der Waals surface area (Å²) in [6, 6.07) is 1.76.